The minimum atomic E-state index is 0. The second kappa shape index (κ2) is 8.68. The van der Waals surface area contributed by atoms with Crippen molar-refractivity contribution in [3.05, 3.63) is 0 Å². The number of likely N-dealkylation sites (tertiary alicyclic amines) is 1. The Kier molecular flexibility index (Phi) is 7.21. The van der Waals surface area contributed by atoms with Gasteiger partial charge in [-0.3, -0.25) is 4.99 Å². The van der Waals surface area contributed by atoms with Crippen LogP contribution in [0.25, 0.3) is 0 Å². The Morgan fingerprint density at radius 3 is 2.73 bits per heavy atom. The highest BCUT2D eigenvalue weighted by molar-refractivity contribution is 14.0. The average molecular weight is 423 g/mol. The highest BCUT2D eigenvalue weighted by atomic mass is 127. The van der Waals surface area contributed by atoms with Crippen LogP contribution in [0.1, 0.15) is 32.6 Å². The summed E-state index contributed by atoms with van der Waals surface area (Å²) in [5, 5.41) is 3.47. The standard InChI is InChI=1S/C16H29N3O2.HI/c1-2-17-15(18-11-14-3-8-20-9-4-14)19-7-5-16(12-19)6-10-21-13-16;/h14H,2-13H2,1H3,(H,17,18);1H. The molecule has 0 aromatic carbocycles. The summed E-state index contributed by atoms with van der Waals surface area (Å²) in [5.74, 6) is 1.80. The van der Waals surface area contributed by atoms with E-state index in [0.29, 0.717) is 11.3 Å². The van der Waals surface area contributed by atoms with Gasteiger partial charge in [-0.25, -0.2) is 0 Å². The quantitative estimate of drug-likeness (QED) is 0.429. The van der Waals surface area contributed by atoms with Gasteiger partial charge in [-0.15, -0.1) is 24.0 Å². The first-order valence-corrected chi connectivity index (χ1v) is 8.50. The third kappa shape index (κ3) is 4.47. The summed E-state index contributed by atoms with van der Waals surface area (Å²) in [6, 6.07) is 0. The molecule has 0 aromatic heterocycles. The lowest BCUT2D eigenvalue weighted by Gasteiger charge is -2.26. The van der Waals surface area contributed by atoms with Gasteiger partial charge in [0.15, 0.2) is 5.96 Å². The molecule has 1 atom stereocenters. The van der Waals surface area contributed by atoms with Crippen LogP contribution in [0.2, 0.25) is 0 Å². The number of halogens is 1. The van der Waals surface area contributed by atoms with Crippen LogP contribution < -0.4 is 5.32 Å². The topological polar surface area (TPSA) is 46.1 Å². The van der Waals surface area contributed by atoms with Crippen LogP contribution in [0.3, 0.4) is 0 Å². The summed E-state index contributed by atoms with van der Waals surface area (Å²) in [4.78, 5) is 7.35. The summed E-state index contributed by atoms with van der Waals surface area (Å²) >= 11 is 0. The molecule has 6 heteroatoms. The van der Waals surface area contributed by atoms with Crippen molar-refractivity contribution in [1.82, 2.24) is 10.2 Å². The SMILES string of the molecule is CCNC(=NCC1CCOCC1)N1CCC2(CCOC2)C1.I. The van der Waals surface area contributed by atoms with E-state index in [0.717, 1.165) is 71.4 Å². The Morgan fingerprint density at radius 2 is 2.05 bits per heavy atom. The predicted octanol–water partition coefficient (Wildman–Crippen LogP) is 2.11. The molecule has 3 heterocycles. The van der Waals surface area contributed by atoms with Gasteiger partial charge in [0.25, 0.3) is 0 Å². The molecule has 22 heavy (non-hydrogen) atoms. The van der Waals surface area contributed by atoms with Crippen molar-refractivity contribution in [2.24, 2.45) is 16.3 Å². The molecule has 3 fully saturated rings. The van der Waals surface area contributed by atoms with E-state index in [1.165, 1.54) is 12.8 Å². The van der Waals surface area contributed by atoms with Gasteiger partial charge in [-0.05, 0) is 38.5 Å². The number of hydrogen-bond donors (Lipinski definition) is 1. The molecule has 128 valence electrons. The van der Waals surface area contributed by atoms with Crippen LogP contribution in [0.4, 0.5) is 0 Å². The highest BCUT2D eigenvalue weighted by Crippen LogP contribution is 2.38. The number of rotatable bonds is 3. The van der Waals surface area contributed by atoms with Crippen LogP contribution in [-0.2, 0) is 9.47 Å². The van der Waals surface area contributed by atoms with E-state index in [-0.39, 0.29) is 24.0 Å². The summed E-state index contributed by atoms with van der Waals surface area (Å²) in [6.45, 7) is 9.91. The maximum Gasteiger partial charge on any atom is 0.193 e. The van der Waals surface area contributed by atoms with Gasteiger partial charge < -0.3 is 19.7 Å². The van der Waals surface area contributed by atoms with E-state index in [1.54, 1.807) is 0 Å². The Morgan fingerprint density at radius 1 is 1.23 bits per heavy atom. The molecule has 3 saturated heterocycles. The fourth-order valence-electron chi connectivity index (χ4n) is 3.66. The largest absolute Gasteiger partial charge is 0.381 e. The van der Waals surface area contributed by atoms with E-state index in [2.05, 4.69) is 17.1 Å². The first-order chi connectivity index (χ1) is 10.3. The number of nitrogens with one attached hydrogen (secondary N) is 1. The molecule has 3 rings (SSSR count). The maximum absolute atomic E-state index is 5.62. The molecule has 0 bridgehead atoms. The van der Waals surface area contributed by atoms with E-state index < -0.39 is 0 Å². The van der Waals surface area contributed by atoms with Gasteiger partial charge in [-0.1, -0.05) is 0 Å². The summed E-state index contributed by atoms with van der Waals surface area (Å²) in [5.41, 5.74) is 0.398. The zero-order valence-electron chi connectivity index (χ0n) is 13.7. The van der Waals surface area contributed by atoms with E-state index >= 15 is 0 Å². The van der Waals surface area contributed by atoms with Crippen LogP contribution in [0, 0.1) is 11.3 Å². The molecule has 0 aliphatic carbocycles. The number of aliphatic imine (C=N–C) groups is 1. The smallest absolute Gasteiger partial charge is 0.193 e. The summed E-state index contributed by atoms with van der Waals surface area (Å²) in [6.07, 6.45) is 4.76. The van der Waals surface area contributed by atoms with Crippen molar-refractivity contribution in [3.8, 4) is 0 Å². The molecule has 3 aliphatic heterocycles. The predicted molar refractivity (Wildman–Crippen MR) is 99.0 cm³/mol. The van der Waals surface area contributed by atoms with E-state index in [4.69, 9.17) is 14.5 Å². The zero-order valence-corrected chi connectivity index (χ0v) is 16.0. The molecule has 0 radical (unpaired) electrons. The van der Waals surface area contributed by atoms with Crippen LogP contribution >= 0.6 is 24.0 Å². The molecular weight excluding hydrogens is 393 g/mol. The van der Waals surface area contributed by atoms with E-state index in [1.807, 2.05) is 0 Å². The number of hydrogen-bond acceptors (Lipinski definition) is 3. The Balaban J connectivity index is 0.00000176. The van der Waals surface area contributed by atoms with Crippen molar-refractivity contribution in [1.29, 1.82) is 0 Å². The average Bonchev–Trinajstić information content (AvgIpc) is 3.15. The van der Waals surface area contributed by atoms with Gasteiger partial charge >= 0.3 is 0 Å². The minimum Gasteiger partial charge on any atom is -0.381 e. The molecule has 1 unspecified atom stereocenters. The molecule has 3 aliphatic rings. The summed E-state index contributed by atoms with van der Waals surface area (Å²) < 4.78 is 11.1. The second-order valence-electron chi connectivity index (χ2n) is 6.72. The minimum absolute atomic E-state index is 0. The Hall–Kier alpha value is -0.0800. The maximum atomic E-state index is 5.62. The van der Waals surface area contributed by atoms with Crippen LogP contribution in [0.5, 0.6) is 0 Å². The van der Waals surface area contributed by atoms with Crippen molar-refractivity contribution in [3.63, 3.8) is 0 Å². The van der Waals surface area contributed by atoms with Crippen LogP contribution in [-0.4, -0.2) is 63.5 Å². The van der Waals surface area contributed by atoms with E-state index in [9.17, 15) is 0 Å². The first kappa shape index (κ1) is 18.3. The number of nitrogens with zero attached hydrogens (tertiary/aromatic N) is 2. The normalized spacial score (nSPS) is 29.9. The molecular formula is C16H30IN3O2. The van der Waals surface area contributed by atoms with Crippen molar-refractivity contribution < 1.29 is 9.47 Å². The lowest BCUT2D eigenvalue weighted by molar-refractivity contribution is 0.0688. The van der Waals surface area contributed by atoms with Gasteiger partial charge in [0.2, 0.25) is 0 Å². The Bertz CT molecular complexity index is 366. The third-order valence-electron chi connectivity index (χ3n) is 5.10. The van der Waals surface area contributed by atoms with Gasteiger partial charge in [0, 0.05) is 51.4 Å². The van der Waals surface area contributed by atoms with Gasteiger partial charge in [0.05, 0.1) is 6.61 Å². The van der Waals surface area contributed by atoms with Gasteiger partial charge in [0.1, 0.15) is 0 Å². The molecule has 1 spiro atoms. The molecule has 1 N–H and O–H groups in total. The molecule has 0 saturated carbocycles. The molecule has 0 aromatic rings. The zero-order chi connectivity index (χ0) is 14.5. The van der Waals surface area contributed by atoms with Gasteiger partial charge in [-0.2, -0.15) is 0 Å². The second-order valence-corrected chi connectivity index (χ2v) is 6.72. The fourth-order valence-corrected chi connectivity index (χ4v) is 3.66. The summed E-state index contributed by atoms with van der Waals surface area (Å²) in [7, 11) is 0. The van der Waals surface area contributed by atoms with Crippen LogP contribution in [0.15, 0.2) is 4.99 Å². The number of ether oxygens (including phenoxy) is 2. The molecule has 0 amide bonds. The van der Waals surface area contributed by atoms with Crippen molar-refractivity contribution in [2.75, 3.05) is 52.6 Å². The fraction of sp³-hybridized carbons (Fsp3) is 0.938. The molecule has 5 nitrogen and oxygen atoms in total. The monoisotopic (exact) mass is 423 g/mol. The van der Waals surface area contributed by atoms with Crippen molar-refractivity contribution >= 4 is 29.9 Å². The van der Waals surface area contributed by atoms with Crippen molar-refractivity contribution in [2.45, 2.75) is 32.6 Å². The number of guanidine groups is 1. The lowest BCUT2D eigenvalue weighted by atomic mass is 9.87. The third-order valence-corrected chi connectivity index (χ3v) is 5.10. The highest BCUT2D eigenvalue weighted by Gasteiger charge is 2.42. The lowest BCUT2D eigenvalue weighted by Crippen LogP contribution is -2.41. The first-order valence-electron chi connectivity index (χ1n) is 8.50. The Labute approximate surface area is 151 Å².